The standard InChI is InChI=1S/C13H14O/c1-4-11-5-7-12(8-6-11)9-13(14)10(2)3/h4-8H,1-2,9H2,3H3. The van der Waals surface area contributed by atoms with E-state index in [-0.39, 0.29) is 5.78 Å². The molecule has 0 unspecified atom stereocenters. The van der Waals surface area contributed by atoms with E-state index in [9.17, 15) is 4.79 Å². The van der Waals surface area contributed by atoms with Gasteiger partial charge in [-0.15, -0.1) is 0 Å². The highest BCUT2D eigenvalue weighted by molar-refractivity contribution is 5.95. The Balaban J connectivity index is 2.73. The van der Waals surface area contributed by atoms with Crippen LogP contribution in [0.5, 0.6) is 0 Å². The molecular weight excluding hydrogens is 172 g/mol. The lowest BCUT2D eigenvalue weighted by molar-refractivity contribution is -0.114. The molecule has 14 heavy (non-hydrogen) atoms. The number of Topliss-reactive ketones (excluding diaryl/α,β-unsaturated/α-hetero) is 1. The Hall–Kier alpha value is -1.63. The number of ketones is 1. The van der Waals surface area contributed by atoms with Gasteiger partial charge in [0.15, 0.2) is 5.78 Å². The lowest BCUT2D eigenvalue weighted by Gasteiger charge is -2.00. The van der Waals surface area contributed by atoms with Crippen molar-refractivity contribution in [2.45, 2.75) is 13.3 Å². The molecule has 1 heteroatoms. The highest BCUT2D eigenvalue weighted by Gasteiger charge is 2.03. The molecule has 0 aliphatic carbocycles. The fraction of sp³-hybridized carbons (Fsp3) is 0.154. The summed E-state index contributed by atoms with van der Waals surface area (Å²) in [7, 11) is 0. The summed E-state index contributed by atoms with van der Waals surface area (Å²) < 4.78 is 0. The predicted molar refractivity (Wildman–Crippen MR) is 60.1 cm³/mol. The van der Waals surface area contributed by atoms with Gasteiger partial charge in [0.1, 0.15) is 0 Å². The second-order valence-electron chi connectivity index (χ2n) is 3.33. The van der Waals surface area contributed by atoms with Crippen LogP contribution in [0.25, 0.3) is 6.08 Å². The van der Waals surface area contributed by atoms with Crippen LogP contribution in [0.2, 0.25) is 0 Å². The molecule has 1 aromatic rings. The fourth-order valence-corrected chi connectivity index (χ4v) is 1.11. The lowest BCUT2D eigenvalue weighted by atomic mass is 10.0. The molecule has 0 N–H and O–H groups in total. The molecule has 1 nitrogen and oxygen atoms in total. The third-order valence-electron chi connectivity index (χ3n) is 2.06. The van der Waals surface area contributed by atoms with Crippen LogP contribution >= 0.6 is 0 Å². The van der Waals surface area contributed by atoms with Gasteiger partial charge in [-0.3, -0.25) is 4.79 Å². The number of allylic oxidation sites excluding steroid dienone is 1. The minimum Gasteiger partial charge on any atom is -0.294 e. The van der Waals surface area contributed by atoms with E-state index in [0.29, 0.717) is 12.0 Å². The molecule has 1 rings (SSSR count). The Bertz CT molecular complexity index is 357. The first-order chi connectivity index (χ1) is 6.63. The van der Waals surface area contributed by atoms with Crippen molar-refractivity contribution in [3.63, 3.8) is 0 Å². The van der Waals surface area contributed by atoms with Crippen molar-refractivity contribution >= 4 is 11.9 Å². The summed E-state index contributed by atoms with van der Waals surface area (Å²) in [5.41, 5.74) is 2.69. The zero-order valence-electron chi connectivity index (χ0n) is 8.42. The van der Waals surface area contributed by atoms with Crippen molar-refractivity contribution in [1.29, 1.82) is 0 Å². The Labute approximate surface area is 84.8 Å². The maximum Gasteiger partial charge on any atom is 0.162 e. The van der Waals surface area contributed by atoms with E-state index in [1.807, 2.05) is 24.3 Å². The van der Waals surface area contributed by atoms with E-state index in [1.165, 1.54) is 0 Å². The summed E-state index contributed by atoms with van der Waals surface area (Å²) in [6.07, 6.45) is 2.22. The van der Waals surface area contributed by atoms with E-state index in [0.717, 1.165) is 11.1 Å². The van der Waals surface area contributed by atoms with E-state index in [1.54, 1.807) is 13.0 Å². The molecular formula is C13H14O. The lowest BCUT2D eigenvalue weighted by Crippen LogP contribution is -2.02. The Morgan fingerprint density at radius 2 is 1.93 bits per heavy atom. The molecule has 0 saturated heterocycles. The van der Waals surface area contributed by atoms with E-state index in [4.69, 9.17) is 0 Å². The van der Waals surface area contributed by atoms with E-state index < -0.39 is 0 Å². The van der Waals surface area contributed by atoms with Crippen LogP contribution in [0.15, 0.2) is 43.0 Å². The molecule has 0 fully saturated rings. The molecule has 0 amide bonds. The molecule has 0 aliphatic heterocycles. The smallest absolute Gasteiger partial charge is 0.162 e. The van der Waals surface area contributed by atoms with Crippen LogP contribution in [-0.4, -0.2) is 5.78 Å². The largest absolute Gasteiger partial charge is 0.294 e. The van der Waals surface area contributed by atoms with Crippen molar-refractivity contribution in [3.8, 4) is 0 Å². The quantitative estimate of drug-likeness (QED) is 0.660. The van der Waals surface area contributed by atoms with Gasteiger partial charge in [0.2, 0.25) is 0 Å². The van der Waals surface area contributed by atoms with Crippen molar-refractivity contribution in [1.82, 2.24) is 0 Å². The second-order valence-corrected chi connectivity index (χ2v) is 3.33. The molecule has 0 bridgehead atoms. The Morgan fingerprint density at radius 1 is 1.36 bits per heavy atom. The molecule has 72 valence electrons. The van der Waals surface area contributed by atoms with Gasteiger partial charge >= 0.3 is 0 Å². The van der Waals surface area contributed by atoms with Gasteiger partial charge in [-0.2, -0.15) is 0 Å². The van der Waals surface area contributed by atoms with Crippen molar-refractivity contribution in [3.05, 3.63) is 54.1 Å². The van der Waals surface area contributed by atoms with Crippen LogP contribution in [0, 0.1) is 0 Å². The number of benzene rings is 1. The van der Waals surface area contributed by atoms with Crippen LogP contribution in [-0.2, 0) is 11.2 Å². The maximum absolute atomic E-state index is 11.3. The summed E-state index contributed by atoms with van der Waals surface area (Å²) >= 11 is 0. The summed E-state index contributed by atoms with van der Waals surface area (Å²) in [4.78, 5) is 11.3. The summed E-state index contributed by atoms with van der Waals surface area (Å²) in [6.45, 7) is 9.02. The average molecular weight is 186 g/mol. The summed E-state index contributed by atoms with van der Waals surface area (Å²) in [6, 6.07) is 7.79. The molecule has 0 aliphatic rings. The first-order valence-electron chi connectivity index (χ1n) is 4.53. The first kappa shape index (κ1) is 10.5. The number of rotatable bonds is 4. The topological polar surface area (TPSA) is 17.1 Å². The molecule has 0 aromatic heterocycles. The molecule has 0 heterocycles. The first-order valence-corrected chi connectivity index (χ1v) is 4.53. The molecule has 0 atom stereocenters. The normalized spacial score (nSPS) is 9.50. The predicted octanol–water partition coefficient (Wildman–Crippen LogP) is 3.02. The van der Waals surface area contributed by atoms with Gasteiger partial charge in [0.05, 0.1) is 0 Å². The molecule has 0 saturated carbocycles. The minimum absolute atomic E-state index is 0.0938. The number of carbonyl (C=O) groups excluding carboxylic acids is 1. The van der Waals surface area contributed by atoms with Crippen LogP contribution in [0.3, 0.4) is 0 Å². The van der Waals surface area contributed by atoms with Gasteiger partial charge in [0.25, 0.3) is 0 Å². The second kappa shape index (κ2) is 4.56. The molecule has 0 spiro atoms. The van der Waals surface area contributed by atoms with Crippen molar-refractivity contribution in [2.75, 3.05) is 0 Å². The van der Waals surface area contributed by atoms with Gasteiger partial charge in [-0.25, -0.2) is 0 Å². The monoisotopic (exact) mass is 186 g/mol. The minimum atomic E-state index is 0.0938. The zero-order chi connectivity index (χ0) is 10.6. The third kappa shape index (κ3) is 2.70. The fourth-order valence-electron chi connectivity index (χ4n) is 1.11. The van der Waals surface area contributed by atoms with Gasteiger partial charge < -0.3 is 0 Å². The van der Waals surface area contributed by atoms with Gasteiger partial charge in [0, 0.05) is 6.42 Å². The summed E-state index contributed by atoms with van der Waals surface area (Å²) in [5, 5.41) is 0. The molecule has 0 radical (unpaired) electrons. The average Bonchev–Trinajstić information content (AvgIpc) is 2.19. The maximum atomic E-state index is 11.3. The number of carbonyl (C=O) groups is 1. The molecule has 1 aromatic carbocycles. The zero-order valence-corrected chi connectivity index (χ0v) is 8.42. The van der Waals surface area contributed by atoms with Crippen molar-refractivity contribution in [2.24, 2.45) is 0 Å². The van der Waals surface area contributed by atoms with Crippen molar-refractivity contribution < 1.29 is 4.79 Å². The van der Waals surface area contributed by atoms with E-state index >= 15 is 0 Å². The SMILES string of the molecule is C=Cc1ccc(CC(=O)C(=C)C)cc1. The van der Waals surface area contributed by atoms with Crippen LogP contribution in [0.1, 0.15) is 18.1 Å². The van der Waals surface area contributed by atoms with E-state index in [2.05, 4.69) is 13.2 Å². The van der Waals surface area contributed by atoms with Crippen LogP contribution < -0.4 is 0 Å². The summed E-state index contributed by atoms with van der Waals surface area (Å²) in [5.74, 6) is 0.0938. The number of hydrogen-bond acceptors (Lipinski definition) is 1. The number of hydrogen-bond donors (Lipinski definition) is 0. The third-order valence-corrected chi connectivity index (χ3v) is 2.06. The van der Waals surface area contributed by atoms with Crippen LogP contribution in [0.4, 0.5) is 0 Å². The highest BCUT2D eigenvalue weighted by atomic mass is 16.1. The Kier molecular flexibility index (Phi) is 3.41. The highest BCUT2D eigenvalue weighted by Crippen LogP contribution is 2.08. The van der Waals surface area contributed by atoms with Gasteiger partial charge in [-0.05, 0) is 23.6 Å². The Morgan fingerprint density at radius 3 is 2.36 bits per heavy atom. The van der Waals surface area contributed by atoms with Gasteiger partial charge in [-0.1, -0.05) is 43.5 Å².